The highest BCUT2D eigenvalue weighted by molar-refractivity contribution is 4.99. The standard InChI is InChI=1S/C9H15N/c1-7(8-4-5-8)9(2,3)6-10/h7-8H,4-5H2,1-3H3/t7-/m0/s1. The number of nitriles is 1. The number of hydrogen-bond acceptors (Lipinski definition) is 1. The van der Waals surface area contributed by atoms with E-state index in [0.29, 0.717) is 5.92 Å². The Morgan fingerprint density at radius 1 is 1.50 bits per heavy atom. The second kappa shape index (κ2) is 2.27. The fourth-order valence-electron chi connectivity index (χ4n) is 1.29. The summed E-state index contributed by atoms with van der Waals surface area (Å²) >= 11 is 0. The van der Waals surface area contributed by atoms with E-state index in [2.05, 4.69) is 13.0 Å². The summed E-state index contributed by atoms with van der Waals surface area (Å²) in [6, 6.07) is 2.36. The van der Waals surface area contributed by atoms with Gasteiger partial charge in [-0.3, -0.25) is 0 Å². The van der Waals surface area contributed by atoms with Crippen molar-refractivity contribution >= 4 is 0 Å². The van der Waals surface area contributed by atoms with Crippen LogP contribution in [0.15, 0.2) is 0 Å². The Labute approximate surface area is 63.0 Å². The van der Waals surface area contributed by atoms with Gasteiger partial charge in [-0.15, -0.1) is 0 Å². The molecule has 0 spiro atoms. The third kappa shape index (κ3) is 1.31. The van der Waals surface area contributed by atoms with E-state index < -0.39 is 0 Å². The van der Waals surface area contributed by atoms with Gasteiger partial charge in [0.05, 0.1) is 11.5 Å². The summed E-state index contributed by atoms with van der Waals surface area (Å²) in [7, 11) is 0. The Bertz CT molecular complexity index is 160. The van der Waals surface area contributed by atoms with Crippen molar-refractivity contribution in [2.24, 2.45) is 17.3 Å². The van der Waals surface area contributed by atoms with E-state index in [4.69, 9.17) is 5.26 Å². The summed E-state index contributed by atoms with van der Waals surface area (Å²) < 4.78 is 0. The first kappa shape index (κ1) is 7.60. The summed E-state index contributed by atoms with van der Waals surface area (Å²) in [6.45, 7) is 6.27. The molecule has 0 aromatic rings. The van der Waals surface area contributed by atoms with E-state index in [1.165, 1.54) is 12.8 Å². The minimum atomic E-state index is -0.110. The fraction of sp³-hybridized carbons (Fsp3) is 0.889. The van der Waals surface area contributed by atoms with Gasteiger partial charge in [-0.1, -0.05) is 6.92 Å². The Kier molecular flexibility index (Phi) is 1.72. The van der Waals surface area contributed by atoms with Crippen molar-refractivity contribution in [1.29, 1.82) is 5.26 Å². The van der Waals surface area contributed by atoms with Crippen LogP contribution in [0.4, 0.5) is 0 Å². The summed E-state index contributed by atoms with van der Waals surface area (Å²) in [5, 5.41) is 8.79. The molecule has 1 aliphatic carbocycles. The SMILES string of the molecule is C[C@@H](C1CC1)C(C)(C)C#N. The second-order valence-electron chi connectivity index (χ2n) is 3.96. The van der Waals surface area contributed by atoms with Gasteiger partial charge in [0.2, 0.25) is 0 Å². The molecule has 0 aromatic carbocycles. The van der Waals surface area contributed by atoms with Gasteiger partial charge in [-0.05, 0) is 38.5 Å². The van der Waals surface area contributed by atoms with Gasteiger partial charge in [0.15, 0.2) is 0 Å². The van der Waals surface area contributed by atoms with E-state index in [-0.39, 0.29) is 5.41 Å². The molecule has 1 nitrogen and oxygen atoms in total. The molecule has 1 fully saturated rings. The maximum atomic E-state index is 8.79. The van der Waals surface area contributed by atoms with Crippen LogP contribution in [0.1, 0.15) is 33.6 Å². The summed E-state index contributed by atoms with van der Waals surface area (Å²) in [4.78, 5) is 0. The zero-order valence-corrected chi connectivity index (χ0v) is 7.02. The van der Waals surface area contributed by atoms with E-state index in [1.54, 1.807) is 0 Å². The molecular weight excluding hydrogens is 122 g/mol. The average Bonchev–Trinajstić information content (AvgIpc) is 2.68. The number of hydrogen-bond donors (Lipinski definition) is 0. The summed E-state index contributed by atoms with van der Waals surface area (Å²) in [5.74, 6) is 1.42. The second-order valence-corrected chi connectivity index (χ2v) is 3.96. The summed E-state index contributed by atoms with van der Waals surface area (Å²) in [6.07, 6.45) is 2.68. The lowest BCUT2D eigenvalue weighted by Crippen LogP contribution is -2.20. The van der Waals surface area contributed by atoms with Crippen LogP contribution in [0.3, 0.4) is 0 Å². The molecule has 1 heteroatoms. The maximum absolute atomic E-state index is 8.79. The molecule has 10 heavy (non-hydrogen) atoms. The van der Waals surface area contributed by atoms with E-state index in [1.807, 2.05) is 13.8 Å². The van der Waals surface area contributed by atoms with Gasteiger partial charge in [0.25, 0.3) is 0 Å². The minimum absolute atomic E-state index is 0.110. The normalized spacial score (nSPS) is 21.8. The average molecular weight is 137 g/mol. The van der Waals surface area contributed by atoms with Crippen LogP contribution in [0, 0.1) is 28.6 Å². The highest BCUT2D eigenvalue weighted by Crippen LogP contribution is 2.44. The van der Waals surface area contributed by atoms with Crippen molar-refractivity contribution in [3.63, 3.8) is 0 Å². The zero-order valence-electron chi connectivity index (χ0n) is 7.02. The highest BCUT2D eigenvalue weighted by atomic mass is 14.4. The van der Waals surface area contributed by atoms with Gasteiger partial charge in [-0.25, -0.2) is 0 Å². The first-order valence-corrected chi connectivity index (χ1v) is 3.99. The van der Waals surface area contributed by atoms with Crippen molar-refractivity contribution in [3.8, 4) is 6.07 Å². The van der Waals surface area contributed by atoms with Crippen molar-refractivity contribution in [2.75, 3.05) is 0 Å². The van der Waals surface area contributed by atoms with Gasteiger partial charge >= 0.3 is 0 Å². The van der Waals surface area contributed by atoms with Crippen molar-refractivity contribution in [1.82, 2.24) is 0 Å². The molecule has 0 N–H and O–H groups in total. The molecule has 0 saturated heterocycles. The third-order valence-corrected chi connectivity index (χ3v) is 2.76. The smallest absolute Gasteiger partial charge is 0.0686 e. The van der Waals surface area contributed by atoms with Gasteiger partial charge < -0.3 is 0 Å². The van der Waals surface area contributed by atoms with E-state index in [9.17, 15) is 0 Å². The van der Waals surface area contributed by atoms with Crippen LogP contribution < -0.4 is 0 Å². The van der Waals surface area contributed by atoms with E-state index >= 15 is 0 Å². The molecule has 1 saturated carbocycles. The monoisotopic (exact) mass is 137 g/mol. The first-order chi connectivity index (χ1) is 4.58. The molecule has 0 heterocycles. The van der Waals surface area contributed by atoms with Crippen LogP contribution in [-0.4, -0.2) is 0 Å². The third-order valence-electron chi connectivity index (χ3n) is 2.76. The first-order valence-electron chi connectivity index (χ1n) is 3.99. The highest BCUT2D eigenvalue weighted by Gasteiger charge is 2.37. The van der Waals surface area contributed by atoms with Crippen LogP contribution in [0.5, 0.6) is 0 Å². The van der Waals surface area contributed by atoms with Gasteiger partial charge in [0, 0.05) is 0 Å². The predicted molar refractivity (Wildman–Crippen MR) is 41.3 cm³/mol. The molecule has 0 aromatic heterocycles. The topological polar surface area (TPSA) is 23.8 Å². The molecule has 1 aliphatic rings. The zero-order chi connectivity index (χ0) is 7.78. The fourth-order valence-corrected chi connectivity index (χ4v) is 1.29. The van der Waals surface area contributed by atoms with Crippen LogP contribution >= 0.6 is 0 Å². The van der Waals surface area contributed by atoms with E-state index in [0.717, 1.165) is 5.92 Å². The lowest BCUT2D eigenvalue weighted by atomic mass is 9.78. The molecule has 1 atom stereocenters. The van der Waals surface area contributed by atoms with Crippen molar-refractivity contribution in [2.45, 2.75) is 33.6 Å². The molecule has 0 radical (unpaired) electrons. The molecular formula is C9H15N. The molecule has 0 aliphatic heterocycles. The Balaban J connectivity index is 2.54. The van der Waals surface area contributed by atoms with Crippen LogP contribution in [0.25, 0.3) is 0 Å². The molecule has 1 rings (SSSR count). The van der Waals surface area contributed by atoms with Crippen LogP contribution in [0.2, 0.25) is 0 Å². The lowest BCUT2D eigenvalue weighted by molar-refractivity contribution is 0.283. The summed E-state index contributed by atoms with van der Waals surface area (Å²) in [5.41, 5.74) is -0.110. The molecule has 0 amide bonds. The minimum Gasteiger partial charge on any atom is -0.198 e. The Morgan fingerprint density at radius 3 is 2.30 bits per heavy atom. The van der Waals surface area contributed by atoms with Crippen molar-refractivity contribution < 1.29 is 0 Å². The Hall–Kier alpha value is -0.510. The van der Waals surface area contributed by atoms with Gasteiger partial charge in [-0.2, -0.15) is 5.26 Å². The maximum Gasteiger partial charge on any atom is 0.0686 e. The number of rotatable bonds is 2. The predicted octanol–water partition coefficient (Wildman–Crippen LogP) is 2.58. The molecule has 0 unspecified atom stereocenters. The number of nitrogens with zero attached hydrogens (tertiary/aromatic N) is 1. The Morgan fingerprint density at radius 2 is 2.00 bits per heavy atom. The van der Waals surface area contributed by atoms with Crippen LogP contribution in [-0.2, 0) is 0 Å². The lowest BCUT2D eigenvalue weighted by Gasteiger charge is -2.23. The van der Waals surface area contributed by atoms with Gasteiger partial charge in [0.1, 0.15) is 0 Å². The molecule has 0 bridgehead atoms. The van der Waals surface area contributed by atoms with Crippen molar-refractivity contribution in [3.05, 3.63) is 0 Å². The largest absolute Gasteiger partial charge is 0.198 e. The quantitative estimate of drug-likeness (QED) is 0.574. The molecule has 56 valence electrons.